The lowest BCUT2D eigenvalue weighted by molar-refractivity contribution is 0.249. The fourth-order valence-corrected chi connectivity index (χ4v) is 2.22. The normalized spacial score (nSPS) is 12.3. The molecule has 0 bridgehead atoms. The second-order valence-electron chi connectivity index (χ2n) is 3.56. The van der Waals surface area contributed by atoms with Gasteiger partial charge < -0.3 is 4.74 Å². The summed E-state index contributed by atoms with van der Waals surface area (Å²) in [6.45, 7) is 15.4. The van der Waals surface area contributed by atoms with Gasteiger partial charge in [-0.15, -0.1) is 0 Å². The Kier molecular flexibility index (Phi) is 6.36. The zero-order valence-corrected chi connectivity index (χ0v) is 10.4. The molecular weight excluding hydrogens is 181 g/mol. The van der Waals surface area contributed by atoms with Gasteiger partial charge in [0, 0.05) is 20.8 Å². The molecule has 0 aliphatic carbocycles. The average Bonchev–Trinajstić information content (AvgIpc) is 1.99. The Morgan fingerprint density at radius 1 is 1.31 bits per heavy atom. The van der Waals surface area contributed by atoms with Crippen LogP contribution in [0.1, 0.15) is 34.6 Å². The lowest BCUT2D eigenvalue weighted by atomic mass is 10.3. The minimum Gasteiger partial charge on any atom is -0.493 e. The van der Waals surface area contributed by atoms with Crippen molar-refractivity contribution in [3.8, 4) is 0 Å². The van der Waals surface area contributed by atoms with Crippen LogP contribution in [-0.4, -0.2) is 23.4 Å². The third-order valence-corrected chi connectivity index (χ3v) is 3.37. The van der Waals surface area contributed by atoms with E-state index in [1.54, 1.807) is 0 Å². The third kappa shape index (κ3) is 5.28. The Morgan fingerprint density at radius 2 is 1.77 bits per heavy atom. The van der Waals surface area contributed by atoms with Crippen molar-refractivity contribution in [2.45, 2.75) is 46.7 Å². The molecule has 0 fully saturated rings. The van der Waals surface area contributed by atoms with Crippen LogP contribution >= 0.6 is 8.73 Å². The SMILES string of the molecule is C=C(OCC)PN(C(C)C)C(C)C. The summed E-state index contributed by atoms with van der Waals surface area (Å²) in [7, 11) is 0.581. The Balaban J connectivity index is 4.02. The van der Waals surface area contributed by atoms with Gasteiger partial charge in [-0.25, -0.2) is 0 Å². The van der Waals surface area contributed by atoms with Gasteiger partial charge in [-0.2, -0.15) is 0 Å². The van der Waals surface area contributed by atoms with Crippen LogP contribution in [0.15, 0.2) is 12.1 Å². The van der Waals surface area contributed by atoms with Crippen LogP contribution < -0.4 is 0 Å². The molecule has 0 heterocycles. The predicted molar refractivity (Wildman–Crippen MR) is 61.2 cm³/mol. The Labute approximate surface area is 84.2 Å². The summed E-state index contributed by atoms with van der Waals surface area (Å²) in [5.74, 6) is 0. The molecule has 0 rings (SSSR count). The van der Waals surface area contributed by atoms with E-state index in [1.807, 2.05) is 6.92 Å². The molecular formula is C10H22NOP. The van der Waals surface area contributed by atoms with Gasteiger partial charge >= 0.3 is 0 Å². The summed E-state index contributed by atoms with van der Waals surface area (Å²) in [4.78, 5) is 0. The Morgan fingerprint density at radius 3 is 2.08 bits per heavy atom. The molecule has 0 saturated carbocycles. The number of ether oxygens (including phenoxy) is 1. The van der Waals surface area contributed by atoms with Crippen molar-refractivity contribution in [1.82, 2.24) is 4.67 Å². The molecule has 2 nitrogen and oxygen atoms in total. The first-order chi connectivity index (χ1) is 5.99. The van der Waals surface area contributed by atoms with E-state index >= 15 is 0 Å². The van der Waals surface area contributed by atoms with E-state index < -0.39 is 0 Å². The first-order valence-electron chi connectivity index (χ1n) is 4.85. The van der Waals surface area contributed by atoms with Gasteiger partial charge in [0.2, 0.25) is 0 Å². The molecule has 0 aromatic heterocycles. The lowest BCUT2D eigenvalue weighted by Gasteiger charge is -2.30. The van der Waals surface area contributed by atoms with E-state index in [-0.39, 0.29) is 0 Å². The van der Waals surface area contributed by atoms with Crippen LogP contribution in [-0.2, 0) is 4.74 Å². The molecule has 78 valence electrons. The van der Waals surface area contributed by atoms with Gasteiger partial charge in [0.1, 0.15) is 5.50 Å². The topological polar surface area (TPSA) is 12.5 Å². The monoisotopic (exact) mass is 203 g/mol. The minimum atomic E-state index is 0.551. The summed E-state index contributed by atoms with van der Waals surface area (Å²) in [6, 6.07) is 1.10. The van der Waals surface area contributed by atoms with Crippen LogP contribution in [0.25, 0.3) is 0 Å². The van der Waals surface area contributed by atoms with Crippen LogP contribution in [0.4, 0.5) is 0 Å². The summed E-state index contributed by atoms with van der Waals surface area (Å²) < 4.78 is 7.74. The molecule has 0 aromatic rings. The number of rotatable bonds is 6. The maximum atomic E-state index is 5.35. The molecule has 0 radical (unpaired) electrons. The fourth-order valence-electron chi connectivity index (χ4n) is 1.20. The lowest BCUT2D eigenvalue weighted by Crippen LogP contribution is -2.29. The second-order valence-corrected chi connectivity index (χ2v) is 4.86. The van der Waals surface area contributed by atoms with E-state index in [0.717, 1.165) is 12.1 Å². The molecule has 0 aliphatic rings. The summed E-state index contributed by atoms with van der Waals surface area (Å²) >= 11 is 0. The standard InChI is InChI=1S/C10H22NOP/c1-7-12-10(6)13-11(8(2)3)9(4)5/h8-9,13H,6-7H2,1-5H3. The van der Waals surface area contributed by atoms with Crippen molar-refractivity contribution < 1.29 is 4.74 Å². The largest absolute Gasteiger partial charge is 0.493 e. The van der Waals surface area contributed by atoms with Crippen molar-refractivity contribution in [2.24, 2.45) is 0 Å². The summed E-state index contributed by atoms with van der Waals surface area (Å²) in [6.07, 6.45) is 0. The highest BCUT2D eigenvalue weighted by atomic mass is 31.1. The highest BCUT2D eigenvalue weighted by Crippen LogP contribution is 2.31. The van der Waals surface area contributed by atoms with Gasteiger partial charge in [0.05, 0.1) is 6.61 Å². The maximum absolute atomic E-state index is 5.35. The molecule has 1 atom stereocenters. The van der Waals surface area contributed by atoms with Crippen LogP contribution in [0, 0.1) is 0 Å². The first kappa shape index (κ1) is 12.9. The molecule has 0 spiro atoms. The molecule has 0 N–H and O–H groups in total. The predicted octanol–water partition coefficient (Wildman–Crippen LogP) is 3.21. The average molecular weight is 203 g/mol. The third-order valence-electron chi connectivity index (χ3n) is 1.69. The molecule has 1 unspecified atom stereocenters. The van der Waals surface area contributed by atoms with Crippen LogP contribution in [0.5, 0.6) is 0 Å². The van der Waals surface area contributed by atoms with Crippen molar-refractivity contribution in [3.05, 3.63) is 12.1 Å². The van der Waals surface area contributed by atoms with Gasteiger partial charge in [0.15, 0.2) is 0 Å². The van der Waals surface area contributed by atoms with Gasteiger partial charge in [0.25, 0.3) is 0 Å². The number of nitrogens with zero attached hydrogens (tertiary/aromatic N) is 1. The van der Waals surface area contributed by atoms with Crippen molar-refractivity contribution >= 4 is 8.73 Å². The van der Waals surface area contributed by atoms with Gasteiger partial charge in [-0.1, -0.05) is 6.58 Å². The first-order valence-corrected chi connectivity index (χ1v) is 5.80. The van der Waals surface area contributed by atoms with Gasteiger partial charge in [-0.3, -0.25) is 4.67 Å². The van der Waals surface area contributed by atoms with E-state index in [0.29, 0.717) is 20.8 Å². The van der Waals surface area contributed by atoms with Crippen molar-refractivity contribution in [3.63, 3.8) is 0 Å². The number of hydrogen-bond donors (Lipinski definition) is 0. The molecule has 0 aliphatic heterocycles. The highest BCUT2D eigenvalue weighted by Gasteiger charge is 2.14. The fraction of sp³-hybridized carbons (Fsp3) is 0.800. The van der Waals surface area contributed by atoms with E-state index in [1.165, 1.54) is 0 Å². The minimum absolute atomic E-state index is 0.551. The molecule has 0 amide bonds. The number of hydrogen-bond acceptors (Lipinski definition) is 2. The smallest absolute Gasteiger partial charge is 0.122 e. The van der Waals surface area contributed by atoms with E-state index in [4.69, 9.17) is 4.74 Å². The molecule has 3 heteroatoms. The van der Waals surface area contributed by atoms with E-state index in [9.17, 15) is 0 Å². The molecule has 0 saturated heterocycles. The molecule has 0 aromatic carbocycles. The van der Waals surface area contributed by atoms with Crippen LogP contribution in [0.3, 0.4) is 0 Å². The zero-order valence-electron chi connectivity index (χ0n) is 9.42. The van der Waals surface area contributed by atoms with Gasteiger partial charge in [-0.05, 0) is 34.6 Å². The summed E-state index contributed by atoms with van der Waals surface area (Å²) in [5, 5.41) is 0. The zero-order chi connectivity index (χ0) is 10.4. The second kappa shape index (κ2) is 6.39. The summed E-state index contributed by atoms with van der Waals surface area (Å²) in [5.41, 5.74) is 0.893. The van der Waals surface area contributed by atoms with E-state index in [2.05, 4.69) is 38.9 Å². The highest BCUT2D eigenvalue weighted by molar-refractivity contribution is 7.40. The van der Waals surface area contributed by atoms with Crippen molar-refractivity contribution in [1.29, 1.82) is 0 Å². The molecule has 13 heavy (non-hydrogen) atoms. The Hall–Kier alpha value is -0.0700. The quantitative estimate of drug-likeness (QED) is 0.485. The van der Waals surface area contributed by atoms with Crippen LogP contribution in [0.2, 0.25) is 0 Å². The van der Waals surface area contributed by atoms with Crippen molar-refractivity contribution in [2.75, 3.05) is 6.61 Å². The Bertz CT molecular complexity index is 149. The maximum Gasteiger partial charge on any atom is 0.122 e.